The Morgan fingerprint density at radius 3 is 2.65 bits per heavy atom. The van der Waals surface area contributed by atoms with Gasteiger partial charge in [0.25, 0.3) is 0 Å². The van der Waals surface area contributed by atoms with E-state index in [1.807, 2.05) is 6.92 Å². The Morgan fingerprint density at radius 1 is 1.30 bits per heavy atom. The Balaban J connectivity index is 2.10. The molecule has 7 nitrogen and oxygen atoms in total. The molecule has 1 aromatic carbocycles. The Kier molecular flexibility index (Phi) is 5.10. The van der Waals surface area contributed by atoms with Crippen molar-refractivity contribution < 1.29 is 14.7 Å². The maximum atomic E-state index is 12.0. The molecule has 0 fully saturated rings. The monoisotopic (exact) mass is 316 g/mol. The summed E-state index contributed by atoms with van der Waals surface area (Å²) in [7, 11) is 0. The van der Waals surface area contributed by atoms with Crippen molar-refractivity contribution in [3.05, 3.63) is 36.2 Å². The highest BCUT2D eigenvalue weighted by Gasteiger charge is 2.13. The van der Waals surface area contributed by atoms with Crippen molar-refractivity contribution in [3.8, 4) is 5.69 Å². The third-order valence-corrected chi connectivity index (χ3v) is 3.75. The predicted molar refractivity (Wildman–Crippen MR) is 85.6 cm³/mol. The van der Waals surface area contributed by atoms with Crippen LogP contribution in [0.1, 0.15) is 37.7 Å². The molecular formula is C16H20N4O3. The highest BCUT2D eigenvalue weighted by molar-refractivity contribution is 5.91. The van der Waals surface area contributed by atoms with E-state index in [4.69, 9.17) is 5.11 Å². The zero-order chi connectivity index (χ0) is 17.0. The molecular weight excluding hydrogens is 296 g/mol. The summed E-state index contributed by atoms with van der Waals surface area (Å²) in [5.41, 5.74) is 1.13. The fraction of sp³-hybridized carbons (Fsp3) is 0.375. The van der Waals surface area contributed by atoms with Crippen LogP contribution in [0.4, 0.5) is 5.69 Å². The first-order valence-corrected chi connectivity index (χ1v) is 7.42. The van der Waals surface area contributed by atoms with Crippen LogP contribution in [0.25, 0.3) is 5.69 Å². The molecule has 1 atom stereocenters. The molecule has 1 amide bonds. The summed E-state index contributed by atoms with van der Waals surface area (Å²) in [6.07, 6.45) is 1.78. The lowest BCUT2D eigenvalue weighted by Crippen LogP contribution is -2.17. The number of aromatic carboxylic acids is 1. The van der Waals surface area contributed by atoms with Crippen molar-refractivity contribution in [2.45, 2.75) is 27.2 Å². The van der Waals surface area contributed by atoms with Gasteiger partial charge in [-0.2, -0.15) is 0 Å². The number of carbonyl (C=O) groups is 2. The van der Waals surface area contributed by atoms with Crippen LogP contribution >= 0.6 is 0 Å². The first kappa shape index (κ1) is 16.7. The van der Waals surface area contributed by atoms with Crippen LogP contribution in [0.5, 0.6) is 0 Å². The third-order valence-electron chi connectivity index (χ3n) is 3.75. The molecule has 23 heavy (non-hydrogen) atoms. The number of amides is 1. The predicted octanol–water partition coefficient (Wildman–Crippen LogP) is 2.59. The number of benzene rings is 1. The van der Waals surface area contributed by atoms with Crippen LogP contribution in [0, 0.1) is 11.8 Å². The number of nitrogens with zero attached hydrogens (tertiary/aromatic N) is 3. The molecule has 0 spiro atoms. The third kappa shape index (κ3) is 4.38. The normalized spacial score (nSPS) is 12.2. The van der Waals surface area contributed by atoms with Gasteiger partial charge >= 0.3 is 5.97 Å². The molecule has 0 aliphatic heterocycles. The Morgan fingerprint density at radius 2 is 2.04 bits per heavy atom. The maximum Gasteiger partial charge on any atom is 0.358 e. The Bertz CT molecular complexity index is 709. The molecule has 0 radical (unpaired) electrons. The summed E-state index contributed by atoms with van der Waals surface area (Å²) in [4.78, 5) is 22.9. The Labute approximate surface area is 134 Å². The van der Waals surface area contributed by atoms with Gasteiger partial charge < -0.3 is 10.4 Å². The van der Waals surface area contributed by atoms with Crippen LogP contribution < -0.4 is 5.32 Å². The van der Waals surface area contributed by atoms with Gasteiger partial charge in [0.1, 0.15) is 0 Å². The smallest absolute Gasteiger partial charge is 0.358 e. The van der Waals surface area contributed by atoms with Crippen molar-refractivity contribution in [1.29, 1.82) is 0 Å². The number of hydrogen-bond acceptors (Lipinski definition) is 4. The molecule has 0 bridgehead atoms. The lowest BCUT2D eigenvalue weighted by Gasteiger charge is -2.15. The standard InChI is InChI=1S/C16H20N4O3/c1-10(2)11(3)7-15(21)17-12-5-4-6-13(8-12)20-9-14(16(22)23)18-19-20/h4-6,8-11H,7H2,1-3H3,(H,17,21)(H,22,23). The number of rotatable bonds is 6. The lowest BCUT2D eigenvalue weighted by atomic mass is 9.94. The van der Waals surface area contributed by atoms with Crippen molar-refractivity contribution in [3.63, 3.8) is 0 Å². The summed E-state index contributed by atoms with van der Waals surface area (Å²) in [5, 5.41) is 19.1. The maximum absolute atomic E-state index is 12.0. The summed E-state index contributed by atoms with van der Waals surface area (Å²) in [5.74, 6) is -0.445. The van der Waals surface area contributed by atoms with E-state index >= 15 is 0 Å². The average Bonchev–Trinajstić information content (AvgIpc) is 2.97. The summed E-state index contributed by atoms with van der Waals surface area (Å²) < 4.78 is 1.36. The number of carboxylic acids is 1. The van der Waals surface area contributed by atoms with Gasteiger partial charge in [0.15, 0.2) is 5.69 Å². The van der Waals surface area contributed by atoms with E-state index in [2.05, 4.69) is 29.5 Å². The van der Waals surface area contributed by atoms with Gasteiger partial charge in [0.05, 0.1) is 11.9 Å². The molecule has 1 aromatic heterocycles. The molecule has 1 heterocycles. The van der Waals surface area contributed by atoms with Crippen LogP contribution in [0.15, 0.2) is 30.5 Å². The molecule has 2 aromatic rings. The quantitative estimate of drug-likeness (QED) is 0.853. The van der Waals surface area contributed by atoms with Crippen molar-refractivity contribution in [2.24, 2.45) is 11.8 Å². The number of nitrogens with one attached hydrogen (secondary N) is 1. The van der Waals surface area contributed by atoms with Crippen molar-refractivity contribution in [1.82, 2.24) is 15.0 Å². The summed E-state index contributed by atoms with van der Waals surface area (Å²) in [6, 6.07) is 7.01. The lowest BCUT2D eigenvalue weighted by molar-refractivity contribution is -0.117. The minimum absolute atomic E-state index is 0.0480. The van der Waals surface area contributed by atoms with Gasteiger partial charge in [-0.15, -0.1) is 5.10 Å². The largest absolute Gasteiger partial charge is 0.476 e. The highest BCUT2D eigenvalue weighted by atomic mass is 16.4. The van der Waals surface area contributed by atoms with Crippen LogP contribution in [-0.4, -0.2) is 32.0 Å². The second-order valence-corrected chi connectivity index (χ2v) is 5.88. The molecule has 2 N–H and O–H groups in total. The SMILES string of the molecule is CC(C)C(C)CC(=O)Nc1cccc(-n2cc(C(=O)O)nn2)c1. The molecule has 0 saturated carbocycles. The van der Waals surface area contributed by atoms with E-state index in [1.54, 1.807) is 24.3 Å². The van der Waals surface area contributed by atoms with Crippen molar-refractivity contribution in [2.75, 3.05) is 5.32 Å². The fourth-order valence-electron chi connectivity index (χ4n) is 1.95. The van der Waals surface area contributed by atoms with E-state index in [-0.39, 0.29) is 11.6 Å². The van der Waals surface area contributed by atoms with Gasteiger partial charge in [0, 0.05) is 12.1 Å². The van der Waals surface area contributed by atoms with E-state index in [0.717, 1.165) is 0 Å². The van der Waals surface area contributed by atoms with Crippen molar-refractivity contribution >= 4 is 17.6 Å². The molecule has 0 aliphatic carbocycles. The van der Waals surface area contributed by atoms with Gasteiger partial charge in [0.2, 0.25) is 5.91 Å². The summed E-state index contributed by atoms with van der Waals surface area (Å²) in [6.45, 7) is 6.22. The number of anilines is 1. The molecule has 0 saturated heterocycles. The number of hydrogen-bond donors (Lipinski definition) is 2. The molecule has 0 aliphatic rings. The first-order valence-electron chi connectivity index (χ1n) is 7.42. The second-order valence-electron chi connectivity index (χ2n) is 5.88. The average molecular weight is 316 g/mol. The Hall–Kier alpha value is -2.70. The number of carbonyl (C=O) groups excluding carboxylic acids is 1. The molecule has 122 valence electrons. The molecule has 7 heteroatoms. The zero-order valence-corrected chi connectivity index (χ0v) is 13.4. The van der Waals surface area contributed by atoms with E-state index in [0.29, 0.717) is 29.6 Å². The minimum atomic E-state index is -1.14. The van der Waals surface area contributed by atoms with E-state index in [1.165, 1.54) is 10.9 Å². The van der Waals surface area contributed by atoms with Gasteiger partial charge in [-0.3, -0.25) is 4.79 Å². The zero-order valence-electron chi connectivity index (χ0n) is 13.4. The van der Waals surface area contributed by atoms with Crippen LogP contribution in [0.3, 0.4) is 0 Å². The minimum Gasteiger partial charge on any atom is -0.476 e. The van der Waals surface area contributed by atoms with Gasteiger partial charge in [-0.1, -0.05) is 32.1 Å². The highest BCUT2D eigenvalue weighted by Crippen LogP contribution is 2.17. The van der Waals surface area contributed by atoms with Crippen LogP contribution in [0.2, 0.25) is 0 Å². The van der Waals surface area contributed by atoms with E-state index < -0.39 is 5.97 Å². The van der Waals surface area contributed by atoms with Gasteiger partial charge in [-0.05, 0) is 30.0 Å². The molecule has 2 rings (SSSR count). The fourth-order valence-corrected chi connectivity index (χ4v) is 1.95. The number of carboxylic acid groups (broad SMARTS) is 1. The topological polar surface area (TPSA) is 97.1 Å². The number of aromatic nitrogens is 3. The van der Waals surface area contributed by atoms with Crippen LogP contribution in [-0.2, 0) is 4.79 Å². The second kappa shape index (κ2) is 7.04. The van der Waals surface area contributed by atoms with Gasteiger partial charge in [-0.25, -0.2) is 9.48 Å². The first-order chi connectivity index (χ1) is 10.9. The molecule has 1 unspecified atom stereocenters. The summed E-state index contributed by atoms with van der Waals surface area (Å²) >= 11 is 0. The van der Waals surface area contributed by atoms with E-state index in [9.17, 15) is 9.59 Å².